The lowest BCUT2D eigenvalue weighted by atomic mass is 9.86. The summed E-state index contributed by atoms with van der Waals surface area (Å²) in [5, 5.41) is 0. The van der Waals surface area contributed by atoms with Gasteiger partial charge in [-0.1, -0.05) is 78.9 Å². The second-order valence-corrected chi connectivity index (χ2v) is 8.63. The van der Waals surface area contributed by atoms with Crippen LogP contribution in [0.4, 0.5) is 0 Å². The van der Waals surface area contributed by atoms with Crippen molar-refractivity contribution in [1.29, 1.82) is 0 Å². The van der Waals surface area contributed by atoms with Gasteiger partial charge < -0.3 is 4.74 Å². The molecule has 1 aliphatic rings. The normalized spacial score (nSPS) is 20.5. The van der Waals surface area contributed by atoms with E-state index in [1.165, 1.54) is 0 Å². The molecular formula is C26H25NO3S. The van der Waals surface area contributed by atoms with Gasteiger partial charge in [-0.2, -0.15) is 11.8 Å². The first-order valence-electron chi connectivity index (χ1n) is 10.3. The lowest BCUT2D eigenvalue weighted by Gasteiger charge is -2.36. The molecule has 1 fully saturated rings. The van der Waals surface area contributed by atoms with Crippen molar-refractivity contribution in [1.82, 2.24) is 4.90 Å². The molecule has 0 bridgehead atoms. The van der Waals surface area contributed by atoms with Crippen molar-refractivity contribution < 1.29 is 14.3 Å². The summed E-state index contributed by atoms with van der Waals surface area (Å²) in [5.41, 5.74) is 1.26. The van der Waals surface area contributed by atoms with Gasteiger partial charge in [-0.15, -0.1) is 0 Å². The van der Waals surface area contributed by atoms with Crippen LogP contribution < -0.4 is 0 Å². The Morgan fingerprint density at radius 1 is 0.935 bits per heavy atom. The standard InChI is InChI=1S/C26H25NO3S/c1-31-18-17-26(19-20-11-5-2-6-12-20)25(29)30-24(22-15-9-4-10-16-22)27(26)23(28)21-13-7-3-8-14-21/h2-16,24H,17-19H2,1H3/t24-,26+/m1/s1. The molecular weight excluding hydrogens is 406 g/mol. The average Bonchev–Trinajstić information content (AvgIpc) is 3.11. The van der Waals surface area contributed by atoms with Crippen LogP contribution in [0.3, 0.4) is 0 Å². The molecule has 0 N–H and O–H groups in total. The van der Waals surface area contributed by atoms with Gasteiger partial charge in [-0.3, -0.25) is 9.69 Å². The summed E-state index contributed by atoms with van der Waals surface area (Å²) in [7, 11) is 0. The van der Waals surface area contributed by atoms with E-state index in [9.17, 15) is 9.59 Å². The first kappa shape index (κ1) is 21.2. The Balaban J connectivity index is 1.84. The predicted molar refractivity (Wildman–Crippen MR) is 124 cm³/mol. The minimum Gasteiger partial charge on any atom is -0.435 e. The number of amides is 1. The van der Waals surface area contributed by atoms with E-state index in [1.54, 1.807) is 28.8 Å². The summed E-state index contributed by atoms with van der Waals surface area (Å²) in [5.74, 6) is 0.197. The number of carbonyl (C=O) groups excluding carboxylic acids is 2. The molecule has 3 aromatic carbocycles. The minimum absolute atomic E-state index is 0.197. The van der Waals surface area contributed by atoms with Crippen molar-refractivity contribution in [3.63, 3.8) is 0 Å². The molecule has 31 heavy (non-hydrogen) atoms. The average molecular weight is 432 g/mol. The lowest BCUT2D eigenvalue weighted by Crippen LogP contribution is -2.54. The summed E-state index contributed by atoms with van der Waals surface area (Å²) >= 11 is 1.66. The topological polar surface area (TPSA) is 46.6 Å². The van der Waals surface area contributed by atoms with Gasteiger partial charge in [-0.25, -0.2) is 4.79 Å². The molecule has 1 saturated heterocycles. The molecule has 3 aromatic rings. The highest BCUT2D eigenvalue weighted by molar-refractivity contribution is 7.98. The number of hydrogen-bond donors (Lipinski definition) is 0. The minimum atomic E-state index is -1.07. The Kier molecular flexibility index (Phi) is 6.42. The summed E-state index contributed by atoms with van der Waals surface area (Å²) < 4.78 is 5.94. The first-order valence-corrected chi connectivity index (χ1v) is 11.7. The van der Waals surface area contributed by atoms with Crippen molar-refractivity contribution in [2.75, 3.05) is 12.0 Å². The van der Waals surface area contributed by atoms with Gasteiger partial charge in [0, 0.05) is 17.5 Å². The van der Waals surface area contributed by atoms with Crippen LogP contribution in [0, 0.1) is 0 Å². The van der Waals surface area contributed by atoms with Crippen molar-refractivity contribution in [2.24, 2.45) is 0 Å². The number of hydrogen-bond acceptors (Lipinski definition) is 4. The van der Waals surface area contributed by atoms with E-state index in [4.69, 9.17) is 4.74 Å². The maximum Gasteiger partial charge on any atom is 0.334 e. The van der Waals surface area contributed by atoms with Gasteiger partial charge >= 0.3 is 5.97 Å². The molecule has 158 valence electrons. The Morgan fingerprint density at radius 3 is 2.13 bits per heavy atom. The number of rotatable bonds is 7. The van der Waals surface area contributed by atoms with Crippen LogP contribution in [0.2, 0.25) is 0 Å². The van der Waals surface area contributed by atoms with Gasteiger partial charge in [0.05, 0.1) is 0 Å². The second kappa shape index (κ2) is 9.40. The number of carbonyl (C=O) groups is 2. The largest absolute Gasteiger partial charge is 0.435 e. The lowest BCUT2D eigenvalue weighted by molar-refractivity contribution is -0.145. The van der Waals surface area contributed by atoms with E-state index >= 15 is 0 Å². The summed E-state index contributed by atoms with van der Waals surface area (Å²) in [4.78, 5) is 29.0. The van der Waals surface area contributed by atoms with E-state index in [0.717, 1.165) is 16.9 Å². The van der Waals surface area contributed by atoms with E-state index < -0.39 is 11.8 Å². The SMILES string of the molecule is CSCC[C@]1(Cc2ccccc2)C(=O)O[C@H](c2ccccc2)N1C(=O)c1ccccc1. The first-order chi connectivity index (χ1) is 15.2. The van der Waals surface area contributed by atoms with Crippen LogP contribution >= 0.6 is 11.8 Å². The fraction of sp³-hybridized carbons (Fsp3) is 0.231. The highest BCUT2D eigenvalue weighted by Crippen LogP contribution is 2.43. The summed E-state index contributed by atoms with van der Waals surface area (Å²) in [6.07, 6.45) is 2.18. The maximum absolute atomic E-state index is 13.8. The molecule has 2 atom stereocenters. The molecule has 0 saturated carbocycles. The predicted octanol–water partition coefficient (Wildman–Crippen LogP) is 5.12. The van der Waals surface area contributed by atoms with Crippen LogP contribution in [-0.4, -0.2) is 34.3 Å². The van der Waals surface area contributed by atoms with E-state index in [-0.39, 0.29) is 11.9 Å². The van der Waals surface area contributed by atoms with Crippen LogP contribution in [0.1, 0.15) is 34.1 Å². The highest BCUT2D eigenvalue weighted by atomic mass is 32.2. The molecule has 0 aromatic heterocycles. The smallest absolute Gasteiger partial charge is 0.334 e. The highest BCUT2D eigenvalue weighted by Gasteiger charge is 2.57. The fourth-order valence-corrected chi connectivity index (χ4v) is 4.66. The number of benzene rings is 3. The van der Waals surface area contributed by atoms with Gasteiger partial charge in [0.25, 0.3) is 5.91 Å². The molecule has 1 heterocycles. The molecule has 1 aliphatic heterocycles. The Bertz CT molecular complexity index is 1030. The summed E-state index contributed by atoms with van der Waals surface area (Å²) in [6.45, 7) is 0. The maximum atomic E-state index is 13.8. The molecule has 0 aliphatic carbocycles. The third kappa shape index (κ3) is 4.23. The van der Waals surface area contributed by atoms with Crippen LogP contribution in [0.25, 0.3) is 0 Å². The van der Waals surface area contributed by atoms with Crippen LogP contribution in [0.15, 0.2) is 91.0 Å². The molecule has 0 radical (unpaired) electrons. The Hall–Kier alpha value is -3.05. The zero-order valence-electron chi connectivity index (χ0n) is 17.4. The molecule has 1 amide bonds. The van der Waals surface area contributed by atoms with E-state index in [0.29, 0.717) is 18.4 Å². The third-order valence-corrected chi connectivity index (χ3v) is 6.29. The number of thioether (sulfide) groups is 1. The van der Waals surface area contributed by atoms with Crippen molar-refractivity contribution >= 4 is 23.6 Å². The quantitative estimate of drug-likeness (QED) is 0.487. The van der Waals surface area contributed by atoms with Crippen molar-refractivity contribution in [2.45, 2.75) is 24.6 Å². The number of ether oxygens (including phenoxy) is 1. The number of cyclic esters (lactones) is 1. The third-order valence-electron chi connectivity index (χ3n) is 5.68. The van der Waals surface area contributed by atoms with Crippen LogP contribution in [-0.2, 0) is 16.0 Å². The Morgan fingerprint density at radius 2 is 1.52 bits per heavy atom. The molecule has 4 rings (SSSR count). The van der Waals surface area contributed by atoms with E-state index in [2.05, 4.69) is 0 Å². The van der Waals surface area contributed by atoms with Gasteiger partial charge in [0.15, 0.2) is 0 Å². The van der Waals surface area contributed by atoms with E-state index in [1.807, 2.05) is 85.1 Å². The molecule has 5 heteroatoms. The van der Waals surface area contributed by atoms with Crippen molar-refractivity contribution in [3.8, 4) is 0 Å². The number of esters is 1. The zero-order valence-corrected chi connectivity index (χ0v) is 18.3. The fourth-order valence-electron chi connectivity index (χ4n) is 4.11. The van der Waals surface area contributed by atoms with Crippen molar-refractivity contribution in [3.05, 3.63) is 108 Å². The molecule has 0 unspecified atom stereocenters. The zero-order chi connectivity index (χ0) is 21.7. The Labute approximate surface area is 187 Å². The van der Waals surface area contributed by atoms with Gasteiger partial charge in [-0.05, 0) is 36.1 Å². The summed E-state index contributed by atoms with van der Waals surface area (Å²) in [6, 6.07) is 28.5. The molecule has 4 nitrogen and oxygen atoms in total. The monoisotopic (exact) mass is 431 g/mol. The van der Waals surface area contributed by atoms with Gasteiger partial charge in [0.1, 0.15) is 5.54 Å². The molecule has 0 spiro atoms. The number of nitrogens with zero attached hydrogens (tertiary/aromatic N) is 1. The van der Waals surface area contributed by atoms with Crippen LogP contribution in [0.5, 0.6) is 0 Å². The van der Waals surface area contributed by atoms with Gasteiger partial charge in [0.2, 0.25) is 6.23 Å². The second-order valence-electron chi connectivity index (χ2n) is 7.65.